The van der Waals surface area contributed by atoms with Crippen molar-refractivity contribution in [1.82, 2.24) is 4.90 Å². The zero-order valence-electron chi connectivity index (χ0n) is 12.7. The number of aliphatic hydroxyl groups is 2. The molecule has 0 amide bonds. The zero-order valence-corrected chi connectivity index (χ0v) is 12.7. The second kappa shape index (κ2) is 8.90. The van der Waals surface area contributed by atoms with Crippen LogP contribution in [0.4, 0.5) is 0 Å². The molecule has 0 aliphatic carbocycles. The number of hydrogen-bond acceptors (Lipinski definition) is 4. The van der Waals surface area contributed by atoms with Crippen LogP contribution in [0, 0.1) is 0 Å². The molecule has 1 aliphatic heterocycles. The average molecular weight is 273 g/mol. The zero-order chi connectivity index (χ0) is 14.3. The number of rotatable bonds is 7. The summed E-state index contributed by atoms with van der Waals surface area (Å²) in [5.74, 6) is 0. The van der Waals surface area contributed by atoms with Crippen molar-refractivity contribution < 1.29 is 14.9 Å². The van der Waals surface area contributed by atoms with Gasteiger partial charge in [-0.2, -0.15) is 0 Å². The highest BCUT2D eigenvalue weighted by molar-refractivity contribution is 4.79. The van der Waals surface area contributed by atoms with E-state index in [9.17, 15) is 10.2 Å². The van der Waals surface area contributed by atoms with Gasteiger partial charge in [0.25, 0.3) is 0 Å². The van der Waals surface area contributed by atoms with E-state index in [1.54, 1.807) is 0 Å². The molecule has 4 nitrogen and oxygen atoms in total. The van der Waals surface area contributed by atoms with Crippen LogP contribution in [-0.4, -0.2) is 59.2 Å². The average Bonchev–Trinajstić information content (AvgIpc) is 2.52. The first-order chi connectivity index (χ1) is 8.99. The Kier molecular flexibility index (Phi) is 7.91. The van der Waals surface area contributed by atoms with Crippen LogP contribution >= 0.6 is 0 Å². The molecule has 1 aliphatic rings. The van der Waals surface area contributed by atoms with Crippen molar-refractivity contribution in [2.45, 2.75) is 77.2 Å². The van der Waals surface area contributed by atoms with Crippen LogP contribution in [0.25, 0.3) is 0 Å². The molecule has 0 aromatic carbocycles. The molecule has 0 aromatic rings. The van der Waals surface area contributed by atoms with Crippen molar-refractivity contribution >= 4 is 0 Å². The van der Waals surface area contributed by atoms with Crippen molar-refractivity contribution in [1.29, 1.82) is 0 Å². The number of β-amino-alcohol motifs (C(OH)–C–C–N with tert-alkyl or cyclic N) is 1. The lowest BCUT2D eigenvalue weighted by atomic mass is 10.0. The second-order valence-corrected chi connectivity index (χ2v) is 6.12. The van der Waals surface area contributed by atoms with Crippen LogP contribution in [0.2, 0.25) is 0 Å². The Morgan fingerprint density at radius 3 is 2.53 bits per heavy atom. The van der Waals surface area contributed by atoms with Gasteiger partial charge < -0.3 is 14.9 Å². The number of nitrogens with zero attached hydrogens (tertiary/aromatic N) is 1. The van der Waals surface area contributed by atoms with Gasteiger partial charge in [-0.25, -0.2) is 0 Å². The minimum atomic E-state index is -0.433. The topological polar surface area (TPSA) is 52.9 Å². The van der Waals surface area contributed by atoms with Crippen molar-refractivity contribution in [2.75, 3.05) is 19.7 Å². The van der Waals surface area contributed by atoms with E-state index in [4.69, 9.17) is 4.74 Å². The van der Waals surface area contributed by atoms with E-state index in [2.05, 4.69) is 4.90 Å². The Balaban J connectivity index is 2.44. The fraction of sp³-hybridized carbons (Fsp3) is 1.00. The van der Waals surface area contributed by atoms with E-state index < -0.39 is 6.10 Å². The molecule has 4 heteroatoms. The first kappa shape index (κ1) is 16.9. The molecule has 1 saturated heterocycles. The molecule has 1 rings (SSSR count). The number of hydrogen-bond donors (Lipinski definition) is 2. The highest BCUT2D eigenvalue weighted by Crippen LogP contribution is 2.20. The normalized spacial score (nSPS) is 25.3. The predicted octanol–water partition coefficient (Wildman–Crippen LogP) is 1.79. The molecule has 0 radical (unpaired) electrons. The van der Waals surface area contributed by atoms with Crippen LogP contribution in [0.15, 0.2) is 0 Å². The van der Waals surface area contributed by atoms with Gasteiger partial charge in [-0.1, -0.05) is 12.8 Å². The molecule has 114 valence electrons. The van der Waals surface area contributed by atoms with Gasteiger partial charge in [0.2, 0.25) is 0 Å². The quantitative estimate of drug-likeness (QED) is 0.742. The van der Waals surface area contributed by atoms with Gasteiger partial charge in [0.1, 0.15) is 0 Å². The fourth-order valence-electron chi connectivity index (χ4n) is 2.76. The first-order valence-electron chi connectivity index (χ1n) is 7.70. The summed E-state index contributed by atoms with van der Waals surface area (Å²) >= 11 is 0. The number of aliphatic hydroxyl groups excluding tert-OH is 2. The Bertz CT molecular complexity index is 233. The molecule has 1 fully saturated rings. The van der Waals surface area contributed by atoms with Gasteiger partial charge in [-0.15, -0.1) is 0 Å². The molecule has 3 unspecified atom stereocenters. The Morgan fingerprint density at radius 1 is 1.16 bits per heavy atom. The van der Waals surface area contributed by atoms with Gasteiger partial charge in [0, 0.05) is 12.6 Å². The summed E-state index contributed by atoms with van der Waals surface area (Å²) in [5.41, 5.74) is 0. The summed E-state index contributed by atoms with van der Waals surface area (Å²) in [5, 5.41) is 19.7. The summed E-state index contributed by atoms with van der Waals surface area (Å²) in [6.45, 7) is 7.89. The summed E-state index contributed by atoms with van der Waals surface area (Å²) < 4.78 is 5.47. The molecular weight excluding hydrogens is 242 g/mol. The van der Waals surface area contributed by atoms with Crippen LogP contribution in [0.5, 0.6) is 0 Å². The highest BCUT2D eigenvalue weighted by atomic mass is 16.5. The second-order valence-electron chi connectivity index (χ2n) is 6.12. The van der Waals surface area contributed by atoms with E-state index in [0.29, 0.717) is 19.2 Å². The molecule has 0 spiro atoms. The molecule has 19 heavy (non-hydrogen) atoms. The standard InChI is InChI=1S/C15H31NO3/c1-12(2)19-11-15(18)10-16-8-6-4-5-7-14(16)9-13(3)17/h12-15,17-18H,4-11H2,1-3H3. The number of ether oxygens (including phenoxy) is 1. The SMILES string of the molecule is CC(O)CC1CCCCCN1CC(O)COC(C)C. The maximum Gasteiger partial charge on any atom is 0.0900 e. The van der Waals surface area contributed by atoms with E-state index >= 15 is 0 Å². The maximum absolute atomic E-state index is 10.1. The molecule has 0 bridgehead atoms. The lowest BCUT2D eigenvalue weighted by Crippen LogP contribution is -2.43. The van der Waals surface area contributed by atoms with Crippen molar-refractivity contribution in [2.24, 2.45) is 0 Å². The van der Waals surface area contributed by atoms with E-state index in [0.717, 1.165) is 19.4 Å². The molecule has 3 atom stereocenters. The lowest BCUT2D eigenvalue weighted by Gasteiger charge is -2.32. The monoisotopic (exact) mass is 273 g/mol. The third-order valence-electron chi connectivity index (χ3n) is 3.68. The minimum Gasteiger partial charge on any atom is -0.393 e. The van der Waals surface area contributed by atoms with E-state index in [1.165, 1.54) is 19.3 Å². The Hall–Kier alpha value is -0.160. The molecule has 1 heterocycles. The summed E-state index contributed by atoms with van der Waals surface area (Å²) in [6, 6.07) is 0.399. The van der Waals surface area contributed by atoms with Crippen LogP contribution in [0.3, 0.4) is 0 Å². The molecular formula is C15H31NO3. The summed E-state index contributed by atoms with van der Waals surface area (Å²) in [6.07, 6.45) is 5.06. The van der Waals surface area contributed by atoms with Gasteiger partial charge in [-0.05, 0) is 46.6 Å². The maximum atomic E-state index is 10.1. The Labute approximate surface area is 117 Å². The molecule has 0 aromatic heterocycles. The largest absolute Gasteiger partial charge is 0.393 e. The highest BCUT2D eigenvalue weighted by Gasteiger charge is 2.24. The Morgan fingerprint density at radius 2 is 1.89 bits per heavy atom. The van der Waals surface area contributed by atoms with Crippen molar-refractivity contribution in [3.05, 3.63) is 0 Å². The third-order valence-corrected chi connectivity index (χ3v) is 3.68. The molecule has 0 saturated carbocycles. The van der Waals surface area contributed by atoms with Gasteiger partial charge >= 0.3 is 0 Å². The smallest absolute Gasteiger partial charge is 0.0900 e. The lowest BCUT2D eigenvalue weighted by molar-refractivity contribution is -0.0169. The van der Waals surface area contributed by atoms with E-state index in [1.807, 2.05) is 20.8 Å². The van der Waals surface area contributed by atoms with Crippen molar-refractivity contribution in [3.8, 4) is 0 Å². The van der Waals surface area contributed by atoms with Gasteiger partial charge in [0.05, 0.1) is 24.9 Å². The van der Waals surface area contributed by atoms with Gasteiger partial charge in [-0.3, -0.25) is 4.90 Å². The third kappa shape index (κ3) is 7.25. The minimum absolute atomic E-state index is 0.159. The summed E-state index contributed by atoms with van der Waals surface area (Å²) in [4.78, 5) is 2.34. The van der Waals surface area contributed by atoms with Crippen LogP contribution in [0.1, 0.15) is 52.9 Å². The first-order valence-corrected chi connectivity index (χ1v) is 7.70. The van der Waals surface area contributed by atoms with E-state index in [-0.39, 0.29) is 12.2 Å². The van der Waals surface area contributed by atoms with Gasteiger partial charge in [0.15, 0.2) is 0 Å². The predicted molar refractivity (Wildman–Crippen MR) is 77.2 cm³/mol. The van der Waals surface area contributed by atoms with Crippen LogP contribution < -0.4 is 0 Å². The summed E-state index contributed by atoms with van der Waals surface area (Å²) in [7, 11) is 0. The molecule has 2 N–H and O–H groups in total. The van der Waals surface area contributed by atoms with Crippen LogP contribution in [-0.2, 0) is 4.74 Å². The van der Waals surface area contributed by atoms with Crippen molar-refractivity contribution in [3.63, 3.8) is 0 Å². The number of likely N-dealkylation sites (tertiary alicyclic amines) is 1. The fourth-order valence-corrected chi connectivity index (χ4v) is 2.76.